The van der Waals surface area contributed by atoms with Crippen LogP contribution in [0.5, 0.6) is 0 Å². The van der Waals surface area contributed by atoms with E-state index >= 15 is 0 Å². The Labute approximate surface area is 172 Å². The summed E-state index contributed by atoms with van der Waals surface area (Å²) in [6.07, 6.45) is 0.367. The van der Waals surface area contributed by atoms with Gasteiger partial charge in [0.05, 0.1) is 12.5 Å². The van der Waals surface area contributed by atoms with Crippen molar-refractivity contribution in [2.24, 2.45) is 0 Å². The van der Waals surface area contributed by atoms with Crippen LogP contribution in [0.25, 0.3) is 0 Å². The number of aromatic nitrogens is 2. The molecule has 7 nitrogen and oxygen atoms in total. The lowest BCUT2D eigenvalue weighted by molar-refractivity contribution is -0.121. The number of carbonyl (C=O) groups excluding carboxylic acids is 1. The lowest BCUT2D eigenvalue weighted by Gasteiger charge is -2.25. The van der Waals surface area contributed by atoms with Crippen LogP contribution in [0.4, 0.5) is 5.82 Å². The van der Waals surface area contributed by atoms with Crippen LogP contribution in [-0.2, 0) is 11.2 Å². The minimum Gasteiger partial charge on any atom is -0.351 e. The van der Waals surface area contributed by atoms with E-state index in [-0.39, 0.29) is 18.0 Å². The van der Waals surface area contributed by atoms with E-state index in [1.165, 1.54) is 5.56 Å². The van der Waals surface area contributed by atoms with Gasteiger partial charge in [-0.25, -0.2) is 0 Å². The molecule has 1 aromatic carbocycles. The number of nitriles is 1. The molecule has 3 rings (SSSR count). The van der Waals surface area contributed by atoms with Crippen LogP contribution in [0, 0.1) is 11.3 Å². The van der Waals surface area contributed by atoms with Gasteiger partial charge in [-0.15, -0.1) is 10.2 Å². The van der Waals surface area contributed by atoms with Gasteiger partial charge in [0.15, 0.2) is 11.5 Å². The Balaban J connectivity index is 1.64. The molecule has 0 saturated carbocycles. The number of nitrogens with one attached hydrogen (secondary N) is 1. The average molecular weight is 393 g/mol. The van der Waals surface area contributed by atoms with Gasteiger partial charge in [0.2, 0.25) is 5.91 Å². The summed E-state index contributed by atoms with van der Waals surface area (Å²) in [4.78, 5) is 16.9. The maximum Gasteiger partial charge on any atom is 0.224 e. The lowest BCUT2D eigenvalue weighted by Crippen LogP contribution is -2.49. The number of rotatable bonds is 6. The van der Waals surface area contributed by atoms with Crippen LogP contribution >= 0.6 is 0 Å². The Morgan fingerprint density at radius 2 is 1.93 bits per heavy atom. The van der Waals surface area contributed by atoms with Crippen molar-refractivity contribution >= 4 is 11.7 Å². The number of likely N-dealkylation sites (N-methyl/N-ethyl adjacent to an activating group) is 1. The van der Waals surface area contributed by atoms with E-state index < -0.39 is 0 Å². The first-order valence-corrected chi connectivity index (χ1v) is 9.90. The Hall–Kier alpha value is -2.98. The minimum absolute atomic E-state index is 0.00937. The van der Waals surface area contributed by atoms with Crippen molar-refractivity contribution in [3.05, 3.63) is 53.2 Å². The van der Waals surface area contributed by atoms with Crippen molar-refractivity contribution in [3.8, 4) is 6.07 Å². The molecular formula is C22H28N6O. The van der Waals surface area contributed by atoms with Gasteiger partial charge in [0.1, 0.15) is 6.07 Å². The molecule has 1 aromatic heterocycles. The summed E-state index contributed by atoms with van der Waals surface area (Å²) in [5.74, 6) is 1.22. The van der Waals surface area contributed by atoms with Crippen molar-refractivity contribution in [1.29, 1.82) is 5.26 Å². The molecule has 1 saturated heterocycles. The van der Waals surface area contributed by atoms with Crippen LogP contribution in [0.15, 0.2) is 36.4 Å². The maximum absolute atomic E-state index is 12.7. The van der Waals surface area contributed by atoms with Gasteiger partial charge in [0.25, 0.3) is 0 Å². The fourth-order valence-corrected chi connectivity index (χ4v) is 3.66. The molecule has 7 heteroatoms. The second kappa shape index (κ2) is 9.01. The summed E-state index contributed by atoms with van der Waals surface area (Å²) in [5, 5.41) is 20.2. The SMILES string of the molecule is CC(C)c1ccc(CC(=O)N[C@@H]2CN(c3ccc(C#N)nn3)C[C@H]2N(C)C)cc1. The zero-order valence-electron chi connectivity index (χ0n) is 17.5. The van der Waals surface area contributed by atoms with Gasteiger partial charge in [-0.3, -0.25) is 4.79 Å². The van der Waals surface area contributed by atoms with Gasteiger partial charge in [-0.05, 0) is 43.3 Å². The second-order valence-corrected chi connectivity index (χ2v) is 8.07. The summed E-state index contributed by atoms with van der Waals surface area (Å²) in [6.45, 7) is 5.71. The second-order valence-electron chi connectivity index (χ2n) is 8.07. The highest BCUT2D eigenvalue weighted by atomic mass is 16.1. The van der Waals surface area contributed by atoms with E-state index in [2.05, 4.69) is 51.3 Å². The van der Waals surface area contributed by atoms with E-state index in [0.717, 1.165) is 17.9 Å². The van der Waals surface area contributed by atoms with Crippen LogP contribution in [-0.4, -0.2) is 60.3 Å². The summed E-state index contributed by atoms with van der Waals surface area (Å²) in [6, 6.07) is 13.9. The first kappa shape index (κ1) is 20.7. The lowest BCUT2D eigenvalue weighted by atomic mass is 10.0. The van der Waals surface area contributed by atoms with Gasteiger partial charge in [-0.2, -0.15) is 5.26 Å². The average Bonchev–Trinajstić information content (AvgIpc) is 3.12. The molecule has 2 atom stereocenters. The van der Waals surface area contributed by atoms with E-state index in [0.29, 0.717) is 24.6 Å². The summed E-state index contributed by atoms with van der Waals surface area (Å²) >= 11 is 0. The Morgan fingerprint density at radius 1 is 1.21 bits per heavy atom. The molecule has 0 spiro atoms. The summed E-state index contributed by atoms with van der Waals surface area (Å²) < 4.78 is 0. The van der Waals surface area contributed by atoms with Crippen LogP contribution < -0.4 is 10.2 Å². The Bertz CT molecular complexity index is 870. The molecule has 0 radical (unpaired) electrons. The van der Waals surface area contributed by atoms with Crippen molar-refractivity contribution < 1.29 is 4.79 Å². The zero-order valence-corrected chi connectivity index (χ0v) is 17.5. The van der Waals surface area contributed by atoms with Gasteiger partial charge < -0.3 is 15.1 Å². The first-order chi connectivity index (χ1) is 13.9. The third-order valence-electron chi connectivity index (χ3n) is 5.40. The third-order valence-corrected chi connectivity index (χ3v) is 5.40. The van der Waals surface area contributed by atoms with E-state index in [9.17, 15) is 4.79 Å². The van der Waals surface area contributed by atoms with E-state index in [4.69, 9.17) is 5.26 Å². The van der Waals surface area contributed by atoms with Gasteiger partial charge >= 0.3 is 0 Å². The van der Waals surface area contributed by atoms with Gasteiger partial charge in [-0.1, -0.05) is 38.1 Å². The monoisotopic (exact) mass is 392 g/mol. The Morgan fingerprint density at radius 3 is 2.48 bits per heavy atom. The smallest absolute Gasteiger partial charge is 0.224 e. The van der Waals surface area contributed by atoms with Crippen LogP contribution in [0.2, 0.25) is 0 Å². The van der Waals surface area contributed by atoms with Crippen molar-refractivity contribution in [2.75, 3.05) is 32.1 Å². The molecule has 1 N–H and O–H groups in total. The number of hydrogen-bond donors (Lipinski definition) is 1. The van der Waals surface area contributed by atoms with Crippen LogP contribution in [0.1, 0.15) is 36.6 Å². The molecule has 1 aliphatic heterocycles. The number of amides is 1. The van der Waals surface area contributed by atoms with Crippen molar-refractivity contribution in [1.82, 2.24) is 20.4 Å². The molecule has 29 heavy (non-hydrogen) atoms. The van der Waals surface area contributed by atoms with Crippen molar-refractivity contribution in [2.45, 2.75) is 38.3 Å². The fraction of sp³-hybridized carbons (Fsp3) is 0.455. The predicted octanol–water partition coefficient (Wildman–Crippen LogP) is 1.95. The highest BCUT2D eigenvalue weighted by Crippen LogP contribution is 2.21. The van der Waals surface area contributed by atoms with Crippen LogP contribution in [0.3, 0.4) is 0 Å². The molecule has 2 aromatic rings. The molecule has 1 fully saturated rings. The molecule has 2 heterocycles. The third kappa shape index (κ3) is 5.09. The molecular weight excluding hydrogens is 364 g/mol. The fourth-order valence-electron chi connectivity index (χ4n) is 3.66. The van der Waals surface area contributed by atoms with Crippen molar-refractivity contribution in [3.63, 3.8) is 0 Å². The quantitative estimate of drug-likeness (QED) is 0.809. The Kier molecular flexibility index (Phi) is 6.45. The summed E-state index contributed by atoms with van der Waals surface area (Å²) in [5.41, 5.74) is 2.59. The minimum atomic E-state index is -0.00937. The highest BCUT2D eigenvalue weighted by Gasteiger charge is 2.35. The summed E-state index contributed by atoms with van der Waals surface area (Å²) in [7, 11) is 4.03. The molecule has 0 bridgehead atoms. The number of hydrogen-bond acceptors (Lipinski definition) is 6. The normalized spacial score (nSPS) is 18.9. The molecule has 1 aliphatic rings. The van der Waals surface area contributed by atoms with Gasteiger partial charge in [0, 0.05) is 19.1 Å². The largest absolute Gasteiger partial charge is 0.351 e. The van der Waals surface area contributed by atoms with E-state index in [1.807, 2.05) is 32.3 Å². The number of nitrogens with zero attached hydrogens (tertiary/aromatic N) is 5. The molecule has 0 aliphatic carbocycles. The number of carbonyl (C=O) groups is 1. The topological polar surface area (TPSA) is 85.2 Å². The predicted molar refractivity (Wildman–Crippen MR) is 113 cm³/mol. The molecule has 1 amide bonds. The highest BCUT2D eigenvalue weighted by molar-refractivity contribution is 5.79. The molecule has 0 unspecified atom stereocenters. The maximum atomic E-state index is 12.7. The first-order valence-electron chi connectivity index (χ1n) is 9.90. The standard InChI is InChI=1S/C22H28N6O/c1-15(2)17-7-5-16(6-8-17)11-22(29)24-19-13-28(14-20(19)27(3)4)21-10-9-18(12-23)25-26-21/h5-10,15,19-20H,11,13-14H2,1-4H3,(H,24,29)/t19-,20-/m1/s1. The zero-order chi connectivity index (χ0) is 21.0. The molecule has 152 valence electrons. The number of benzene rings is 1. The van der Waals surface area contributed by atoms with E-state index in [1.54, 1.807) is 12.1 Å². The number of anilines is 1.